The summed E-state index contributed by atoms with van der Waals surface area (Å²) in [5.74, 6) is -0.0508. The van der Waals surface area contributed by atoms with Crippen LogP contribution < -0.4 is 5.73 Å². The first-order chi connectivity index (χ1) is 9.95. The van der Waals surface area contributed by atoms with Crippen LogP contribution in [0.25, 0.3) is 0 Å². The first kappa shape index (κ1) is 14.4. The molecule has 3 nitrogen and oxygen atoms in total. The van der Waals surface area contributed by atoms with Gasteiger partial charge in [0.05, 0.1) is 16.3 Å². The lowest BCUT2D eigenvalue weighted by atomic mass is 10.1. The maximum Gasteiger partial charge on any atom is 0.184 e. The monoisotopic (exact) mass is 321 g/mol. The van der Waals surface area contributed by atoms with Crippen molar-refractivity contribution in [2.24, 2.45) is 0 Å². The van der Waals surface area contributed by atoms with E-state index in [-0.39, 0.29) is 16.3 Å². The van der Waals surface area contributed by atoms with Crippen LogP contribution in [0.4, 0.5) is 5.69 Å². The van der Waals surface area contributed by atoms with Crippen molar-refractivity contribution in [3.8, 4) is 0 Å². The van der Waals surface area contributed by atoms with Crippen LogP contribution in [0.3, 0.4) is 0 Å². The van der Waals surface area contributed by atoms with Crippen LogP contribution in [0.5, 0.6) is 0 Å². The van der Waals surface area contributed by atoms with Gasteiger partial charge in [-0.15, -0.1) is 0 Å². The van der Waals surface area contributed by atoms with Gasteiger partial charge in [0.2, 0.25) is 0 Å². The van der Waals surface area contributed by atoms with E-state index >= 15 is 0 Å². The fourth-order valence-electron chi connectivity index (χ4n) is 2.79. The van der Waals surface area contributed by atoms with Crippen molar-refractivity contribution >= 4 is 27.1 Å². The smallest absolute Gasteiger partial charge is 0.184 e. The van der Waals surface area contributed by atoms with E-state index in [4.69, 9.17) is 17.3 Å². The molecule has 0 bridgehead atoms. The van der Waals surface area contributed by atoms with Crippen LogP contribution in [0.15, 0.2) is 41.3 Å². The molecular formula is C16H16ClNO2S. The maximum atomic E-state index is 12.5. The van der Waals surface area contributed by atoms with Crippen molar-refractivity contribution in [2.75, 3.05) is 5.73 Å². The van der Waals surface area contributed by atoms with Gasteiger partial charge in [-0.1, -0.05) is 29.8 Å². The Labute approximate surface area is 129 Å². The highest BCUT2D eigenvalue weighted by Crippen LogP contribution is 2.28. The third kappa shape index (κ3) is 2.92. The van der Waals surface area contributed by atoms with E-state index in [1.807, 2.05) is 18.2 Å². The summed E-state index contributed by atoms with van der Waals surface area (Å²) in [4.78, 5) is 0.107. The Balaban J connectivity index is 1.94. The average molecular weight is 322 g/mol. The van der Waals surface area contributed by atoms with Crippen LogP contribution in [0, 0.1) is 0 Å². The molecule has 3 rings (SSSR count). The predicted molar refractivity (Wildman–Crippen MR) is 85.2 cm³/mol. The van der Waals surface area contributed by atoms with Gasteiger partial charge in [-0.3, -0.25) is 0 Å². The number of aryl methyl sites for hydroxylation is 2. The number of rotatable bonds is 3. The summed E-state index contributed by atoms with van der Waals surface area (Å²) in [6.45, 7) is 0. The summed E-state index contributed by atoms with van der Waals surface area (Å²) in [6.07, 6.45) is 3.26. The Morgan fingerprint density at radius 3 is 2.62 bits per heavy atom. The maximum absolute atomic E-state index is 12.5. The minimum absolute atomic E-state index is 0.0508. The minimum Gasteiger partial charge on any atom is -0.398 e. The molecular weight excluding hydrogens is 306 g/mol. The Morgan fingerprint density at radius 2 is 1.81 bits per heavy atom. The molecule has 0 spiro atoms. The van der Waals surface area contributed by atoms with Gasteiger partial charge >= 0.3 is 0 Å². The second-order valence-electron chi connectivity index (χ2n) is 5.40. The Bertz CT molecular complexity index is 800. The number of halogens is 1. The summed E-state index contributed by atoms with van der Waals surface area (Å²) in [6, 6.07) is 10.5. The van der Waals surface area contributed by atoms with Gasteiger partial charge in [0.25, 0.3) is 0 Å². The van der Waals surface area contributed by atoms with Gasteiger partial charge in [0, 0.05) is 5.02 Å². The van der Waals surface area contributed by atoms with Crippen molar-refractivity contribution in [3.63, 3.8) is 0 Å². The van der Waals surface area contributed by atoms with Crippen LogP contribution >= 0.6 is 11.6 Å². The molecule has 5 heteroatoms. The van der Waals surface area contributed by atoms with E-state index in [0.29, 0.717) is 5.02 Å². The molecule has 0 aromatic heterocycles. The molecule has 0 saturated heterocycles. The molecule has 0 atom stereocenters. The van der Waals surface area contributed by atoms with Crippen LogP contribution in [-0.4, -0.2) is 8.42 Å². The van der Waals surface area contributed by atoms with Crippen LogP contribution in [0.1, 0.15) is 23.1 Å². The molecule has 0 aliphatic heterocycles. The Morgan fingerprint density at radius 1 is 1.05 bits per heavy atom. The first-order valence-corrected chi connectivity index (χ1v) is 8.87. The molecule has 110 valence electrons. The summed E-state index contributed by atoms with van der Waals surface area (Å²) < 4.78 is 25.1. The predicted octanol–water partition coefficient (Wildman–Crippen LogP) is 3.38. The van der Waals surface area contributed by atoms with Crippen molar-refractivity contribution in [2.45, 2.75) is 29.9 Å². The quantitative estimate of drug-likeness (QED) is 0.881. The number of anilines is 1. The third-order valence-electron chi connectivity index (χ3n) is 3.83. The molecule has 21 heavy (non-hydrogen) atoms. The van der Waals surface area contributed by atoms with Gasteiger partial charge in [0.15, 0.2) is 9.84 Å². The number of hydrogen-bond donors (Lipinski definition) is 1. The molecule has 0 saturated carbocycles. The Hall–Kier alpha value is -1.52. The van der Waals surface area contributed by atoms with Gasteiger partial charge in [-0.2, -0.15) is 0 Å². The fraction of sp³-hybridized carbons (Fsp3) is 0.250. The summed E-state index contributed by atoms with van der Waals surface area (Å²) in [5, 5.41) is 0.372. The minimum atomic E-state index is -3.49. The zero-order valence-electron chi connectivity index (χ0n) is 11.5. The molecule has 2 aromatic carbocycles. The lowest BCUT2D eigenvalue weighted by molar-refractivity contribution is 0.595. The normalized spacial score (nSPS) is 14.1. The molecule has 0 unspecified atom stereocenters. The Kier molecular flexibility index (Phi) is 3.68. The van der Waals surface area contributed by atoms with Gasteiger partial charge in [-0.05, 0) is 54.2 Å². The zero-order valence-corrected chi connectivity index (χ0v) is 13.0. The van der Waals surface area contributed by atoms with E-state index in [2.05, 4.69) is 0 Å². The highest BCUT2D eigenvalue weighted by molar-refractivity contribution is 7.90. The fourth-order valence-corrected chi connectivity index (χ4v) is 4.53. The van der Waals surface area contributed by atoms with Gasteiger partial charge < -0.3 is 5.73 Å². The van der Waals surface area contributed by atoms with Crippen LogP contribution in [-0.2, 0) is 28.4 Å². The van der Waals surface area contributed by atoms with Crippen molar-refractivity contribution in [3.05, 3.63) is 58.1 Å². The number of fused-ring (bicyclic) bond motifs is 1. The topological polar surface area (TPSA) is 60.2 Å². The number of hydrogen-bond acceptors (Lipinski definition) is 3. The number of nitrogen functional groups attached to an aromatic ring is 1. The molecule has 2 N–H and O–H groups in total. The number of benzene rings is 2. The summed E-state index contributed by atoms with van der Waals surface area (Å²) in [5.41, 5.74) is 9.42. The SMILES string of the molecule is Nc1ccc(Cl)cc1S(=O)(=O)Cc1ccc2c(c1)CCC2. The van der Waals surface area contributed by atoms with Crippen molar-refractivity contribution in [1.82, 2.24) is 0 Å². The molecule has 0 amide bonds. The molecule has 1 aliphatic carbocycles. The van der Waals surface area contributed by atoms with E-state index in [1.54, 1.807) is 6.07 Å². The third-order valence-corrected chi connectivity index (χ3v) is 5.80. The van der Waals surface area contributed by atoms with Gasteiger partial charge in [0.1, 0.15) is 0 Å². The van der Waals surface area contributed by atoms with Crippen molar-refractivity contribution in [1.29, 1.82) is 0 Å². The number of sulfone groups is 1. The molecule has 0 heterocycles. The van der Waals surface area contributed by atoms with E-state index in [1.165, 1.54) is 23.3 Å². The highest BCUT2D eigenvalue weighted by atomic mass is 35.5. The molecule has 0 fully saturated rings. The number of nitrogens with two attached hydrogens (primary N) is 1. The van der Waals surface area contributed by atoms with Crippen molar-refractivity contribution < 1.29 is 8.42 Å². The van der Waals surface area contributed by atoms with Crippen LogP contribution in [0.2, 0.25) is 5.02 Å². The average Bonchev–Trinajstić information content (AvgIpc) is 2.88. The van der Waals surface area contributed by atoms with Gasteiger partial charge in [-0.25, -0.2) is 8.42 Å². The second kappa shape index (κ2) is 5.35. The standard InChI is InChI=1S/C16H16ClNO2S/c17-14-6-7-15(18)16(9-14)21(19,20)10-11-4-5-12-2-1-3-13(12)8-11/h4-9H,1-3,10,18H2. The molecule has 2 aromatic rings. The van der Waals surface area contributed by atoms with E-state index in [9.17, 15) is 8.42 Å². The second-order valence-corrected chi connectivity index (χ2v) is 7.79. The molecule has 1 aliphatic rings. The summed E-state index contributed by atoms with van der Waals surface area (Å²) >= 11 is 5.88. The lowest BCUT2D eigenvalue weighted by Gasteiger charge is -2.09. The first-order valence-electron chi connectivity index (χ1n) is 6.84. The molecule has 0 radical (unpaired) electrons. The highest BCUT2D eigenvalue weighted by Gasteiger charge is 2.20. The lowest BCUT2D eigenvalue weighted by Crippen LogP contribution is -2.08. The zero-order chi connectivity index (χ0) is 15.0. The van der Waals surface area contributed by atoms with E-state index in [0.717, 1.165) is 24.8 Å². The van der Waals surface area contributed by atoms with E-state index < -0.39 is 9.84 Å². The largest absolute Gasteiger partial charge is 0.398 e. The summed E-state index contributed by atoms with van der Waals surface area (Å²) in [7, 11) is -3.49.